The first kappa shape index (κ1) is 15.4. The monoisotopic (exact) mass is 325 g/mol. The fourth-order valence-corrected chi connectivity index (χ4v) is 3.02. The van der Waals surface area contributed by atoms with Crippen LogP contribution in [0.5, 0.6) is 0 Å². The Morgan fingerprint density at radius 3 is 2.95 bits per heavy atom. The van der Waals surface area contributed by atoms with Crippen molar-refractivity contribution in [3.8, 4) is 0 Å². The van der Waals surface area contributed by atoms with Crippen LogP contribution in [0, 0.1) is 10.1 Å². The number of nitro groups is 1. The standard InChI is InChI=1S/C13H12ClN3O3S/c1-2-8-4-6-21-10(8)7-16-13(18)9-3-5-15-12(14)11(9)17(19)20/h3-6H,2,7H2,1H3,(H,16,18). The summed E-state index contributed by atoms with van der Waals surface area (Å²) < 4.78 is 0. The maximum atomic E-state index is 12.1. The van der Waals surface area contributed by atoms with Crippen molar-refractivity contribution < 1.29 is 9.72 Å². The average Bonchev–Trinajstić information content (AvgIpc) is 2.91. The van der Waals surface area contributed by atoms with Gasteiger partial charge in [0, 0.05) is 11.1 Å². The van der Waals surface area contributed by atoms with Gasteiger partial charge in [-0.1, -0.05) is 18.5 Å². The lowest BCUT2D eigenvalue weighted by Gasteiger charge is -2.06. The normalized spacial score (nSPS) is 10.4. The highest BCUT2D eigenvalue weighted by Crippen LogP contribution is 2.26. The Balaban J connectivity index is 2.18. The SMILES string of the molecule is CCc1ccsc1CNC(=O)c1ccnc(Cl)c1[N+](=O)[O-]. The first-order valence-electron chi connectivity index (χ1n) is 6.17. The number of nitrogens with zero attached hydrogens (tertiary/aromatic N) is 2. The molecule has 2 heterocycles. The molecule has 2 rings (SSSR count). The van der Waals surface area contributed by atoms with Gasteiger partial charge in [0.05, 0.1) is 11.5 Å². The third-order valence-electron chi connectivity index (χ3n) is 2.93. The van der Waals surface area contributed by atoms with Gasteiger partial charge in [0.2, 0.25) is 5.15 Å². The number of pyridine rings is 1. The summed E-state index contributed by atoms with van der Waals surface area (Å²) >= 11 is 7.22. The number of nitrogens with one attached hydrogen (secondary N) is 1. The van der Waals surface area contributed by atoms with E-state index in [1.807, 2.05) is 18.4 Å². The summed E-state index contributed by atoms with van der Waals surface area (Å²) in [5, 5.41) is 15.3. The second-order valence-corrected chi connectivity index (χ2v) is 5.52. The van der Waals surface area contributed by atoms with Crippen LogP contribution in [-0.4, -0.2) is 15.8 Å². The second kappa shape index (κ2) is 6.64. The number of rotatable bonds is 5. The van der Waals surface area contributed by atoms with Gasteiger partial charge in [-0.25, -0.2) is 4.98 Å². The molecule has 21 heavy (non-hydrogen) atoms. The minimum absolute atomic E-state index is 0.0883. The summed E-state index contributed by atoms with van der Waals surface area (Å²) in [5.41, 5.74) is 0.593. The van der Waals surface area contributed by atoms with Crippen molar-refractivity contribution >= 4 is 34.5 Å². The summed E-state index contributed by atoms with van der Waals surface area (Å²) in [4.78, 5) is 27.1. The molecule has 0 aliphatic heterocycles. The molecule has 0 aliphatic carbocycles. The predicted molar refractivity (Wildman–Crippen MR) is 80.8 cm³/mol. The largest absolute Gasteiger partial charge is 0.347 e. The highest BCUT2D eigenvalue weighted by Gasteiger charge is 2.24. The molecule has 8 heteroatoms. The van der Waals surface area contributed by atoms with Crippen molar-refractivity contribution in [1.82, 2.24) is 10.3 Å². The van der Waals surface area contributed by atoms with Crippen molar-refractivity contribution in [2.45, 2.75) is 19.9 Å². The highest BCUT2D eigenvalue weighted by molar-refractivity contribution is 7.10. The lowest BCUT2D eigenvalue weighted by molar-refractivity contribution is -0.385. The van der Waals surface area contributed by atoms with Crippen LogP contribution in [-0.2, 0) is 13.0 Å². The number of halogens is 1. The molecule has 2 aromatic heterocycles. The Kier molecular flexibility index (Phi) is 4.87. The fourth-order valence-electron chi connectivity index (χ4n) is 1.88. The van der Waals surface area contributed by atoms with Crippen LogP contribution in [0.15, 0.2) is 23.7 Å². The van der Waals surface area contributed by atoms with E-state index >= 15 is 0 Å². The van der Waals surface area contributed by atoms with Gasteiger partial charge in [0.1, 0.15) is 5.56 Å². The van der Waals surface area contributed by atoms with Crippen LogP contribution in [0.3, 0.4) is 0 Å². The number of aromatic nitrogens is 1. The van der Waals surface area contributed by atoms with Gasteiger partial charge in [-0.2, -0.15) is 0 Å². The Labute approximate surface area is 129 Å². The van der Waals surface area contributed by atoms with E-state index in [1.54, 1.807) is 0 Å². The molecule has 0 fully saturated rings. The molecule has 0 aromatic carbocycles. The Hall–Kier alpha value is -1.99. The van der Waals surface area contributed by atoms with Gasteiger partial charge in [-0.05, 0) is 29.5 Å². The van der Waals surface area contributed by atoms with Gasteiger partial charge in [0.15, 0.2) is 0 Å². The summed E-state index contributed by atoms with van der Waals surface area (Å²) in [6.07, 6.45) is 2.14. The molecule has 6 nitrogen and oxygen atoms in total. The molecule has 1 N–H and O–H groups in total. The van der Waals surface area contributed by atoms with E-state index in [2.05, 4.69) is 10.3 Å². The summed E-state index contributed by atoms with van der Waals surface area (Å²) in [6.45, 7) is 2.36. The van der Waals surface area contributed by atoms with Crippen LogP contribution < -0.4 is 5.32 Å². The number of amides is 1. The number of thiophene rings is 1. The van der Waals surface area contributed by atoms with Crippen LogP contribution in [0.4, 0.5) is 5.69 Å². The molecule has 0 atom stereocenters. The molecule has 110 valence electrons. The van der Waals surface area contributed by atoms with Crippen molar-refractivity contribution in [2.24, 2.45) is 0 Å². The molecule has 2 aromatic rings. The molecule has 1 amide bonds. The quantitative estimate of drug-likeness (QED) is 0.519. The summed E-state index contributed by atoms with van der Waals surface area (Å²) in [5.74, 6) is -0.540. The highest BCUT2D eigenvalue weighted by atomic mass is 35.5. The third kappa shape index (κ3) is 3.37. The molecule has 0 spiro atoms. The van der Waals surface area contributed by atoms with Crippen LogP contribution >= 0.6 is 22.9 Å². The van der Waals surface area contributed by atoms with Gasteiger partial charge in [-0.3, -0.25) is 14.9 Å². The van der Waals surface area contributed by atoms with Gasteiger partial charge in [-0.15, -0.1) is 11.3 Å². The first-order valence-corrected chi connectivity index (χ1v) is 7.42. The Morgan fingerprint density at radius 2 is 2.29 bits per heavy atom. The van der Waals surface area contributed by atoms with Gasteiger partial charge >= 0.3 is 5.69 Å². The second-order valence-electron chi connectivity index (χ2n) is 4.16. The third-order valence-corrected chi connectivity index (χ3v) is 4.17. The molecular weight excluding hydrogens is 314 g/mol. The van der Waals surface area contributed by atoms with E-state index < -0.39 is 16.5 Å². The number of hydrogen-bond donors (Lipinski definition) is 1. The van der Waals surface area contributed by atoms with Crippen LogP contribution in [0.2, 0.25) is 5.15 Å². The molecule has 0 radical (unpaired) electrons. The Bertz CT molecular complexity index is 687. The summed E-state index contributed by atoms with van der Waals surface area (Å²) in [7, 11) is 0. The lowest BCUT2D eigenvalue weighted by atomic mass is 10.2. The first-order chi connectivity index (χ1) is 10.0. The number of aryl methyl sites for hydroxylation is 1. The van der Waals surface area contributed by atoms with E-state index in [4.69, 9.17) is 11.6 Å². The smallest absolute Gasteiger partial charge is 0.319 e. The summed E-state index contributed by atoms with van der Waals surface area (Å²) in [6, 6.07) is 3.28. The fraction of sp³-hybridized carbons (Fsp3) is 0.231. The Morgan fingerprint density at radius 1 is 1.52 bits per heavy atom. The van der Waals surface area contributed by atoms with Crippen LogP contribution in [0.25, 0.3) is 0 Å². The predicted octanol–water partition coefficient (Wildman–Crippen LogP) is 3.20. The minimum Gasteiger partial charge on any atom is -0.347 e. The maximum Gasteiger partial charge on any atom is 0.319 e. The zero-order chi connectivity index (χ0) is 15.4. The average molecular weight is 326 g/mol. The molecule has 0 saturated carbocycles. The van der Waals surface area contributed by atoms with Crippen molar-refractivity contribution in [1.29, 1.82) is 0 Å². The van der Waals surface area contributed by atoms with E-state index in [1.165, 1.54) is 23.6 Å². The molecule has 0 saturated heterocycles. The van der Waals surface area contributed by atoms with Crippen molar-refractivity contribution in [2.75, 3.05) is 0 Å². The van der Waals surface area contributed by atoms with E-state index in [9.17, 15) is 14.9 Å². The topological polar surface area (TPSA) is 85.1 Å². The molecule has 0 bridgehead atoms. The van der Waals surface area contributed by atoms with Crippen molar-refractivity contribution in [3.63, 3.8) is 0 Å². The molecule has 0 aliphatic rings. The maximum absolute atomic E-state index is 12.1. The van der Waals surface area contributed by atoms with Gasteiger partial charge in [0.25, 0.3) is 5.91 Å². The number of carbonyl (C=O) groups excluding carboxylic acids is 1. The van der Waals surface area contributed by atoms with E-state index in [0.29, 0.717) is 6.54 Å². The van der Waals surface area contributed by atoms with E-state index in [-0.39, 0.29) is 10.7 Å². The molecule has 0 unspecified atom stereocenters. The zero-order valence-corrected chi connectivity index (χ0v) is 12.7. The molecular formula is C13H12ClN3O3S. The van der Waals surface area contributed by atoms with Crippen molar-refractivity contribution in [3.05, 3.63) is 55.0 Å². The lowest BCUT2D eigenvalue weighted by Crippen LogP contribution is -2.24. The zero-order valence-electron chi connectivity index (χ0n) is 11.1. The van der Waals surface area contributed by atoms with Crippen LogP contribution in [0.1, 0.15) is 27.7 Å². The minimum atomic E-state index is -0.702. The number of carbonyl (C=O) groups is 1. The van der Waals surface area contributed by atoms with Gasteiger partial charge < -0.3 is 5.32 Å². The van der Waals surface area contributed by atoms with E-state index in [0.717, 1.165) is 16.9 Å². The number of hydrogen-bond acceptors (Lipinski definition) is 5.